The maximum Gasteiger partial charge on any atom is 0.259 e. The second-order valence-electron chi connectivity index (χ2n) is 3.89. The Morgan fingerprint density at radius 3 is 2.78 bits per heavy atom. The van der Waals surface area contributed by atoms with Gasteiger partial charge in [-0.15, -0.1) is 0 Å². The molecule has 0 bridgehead atoms. The highest BCUT2D eigenvalue weighted by molar-refractivity contribution is 9.10. The summed E-state index contributed by atoms with van der Waals surface area (Å²) >= 11 is 3.29. The third-order valence-corrected chi connectivity index (χ3v) is 3.54. The van der Waals surface area contributed by atoms with Crippen LogP contribution in [0.3, 0.4) is 0 Å². The number of nitrogens with one attached hydrogen (secondary N) is 1. The highest BCUT2D eigenvalue weighted by atomic mass is 79.9. The Morgan fingerprint density at radius 1 is 1.44 bits per heavy atom. The first-order valence-electron chi connectivity index (χ1n) is 5.29. The van der Waals surface area contributed by atoms with Gasteiger partial charge in [-0.2, -0.15) is 0 Å². The van der Waals surface area contributed by atoms with Gasteiger partial charge < -0.3 is 10.3 Å². The van der Waals surface area contributed by atoms with Crippen molar-refractivity contribution in [1.29, 1.82) is 0 Å². The Labute approximate surface area is 112 Å². The average Bonchev–Trinajstić information content (AvgIpc) is 2.64. The number of nitrogens with zero attached hydrogens (tertiary/aromatic N) is 1. The Balaban J connectivity index is 2.28. The molecule has 0 saturated heterocycles. The van der Waals surface area contributed by atoms with Crippen molar-refractivity contribution in [3.63, 3.8) is 0 Å². The van der Waals surface area contributed by atoms with E-state index < -0.39 is 0 Å². The molecule has 0 radical (unpaired) electrons. The van der Waals surface area contributed by atoms with E-state index in [1.807, 2.05) is 13.8 Å². The van der Waals surface area contributed by atoms with E-state index in [0.717, 1.165) is 11.3 Å². The molecule has 2 rings (SSSR count). The van der Waals surface area contributed by atoms with Crippen molar-refractivity contribution in [2.45, 2.75) is 13.8 Å². The molecule has 1 aromatic carbocycles. The van der Waals surface area contributed by atoms with E-state index >= 15 is 0 Å². The fourth-order valence-corrected chi connectivity index (χ4v) is 1.87. The summed E-state index contributed by atoms with van der Waals surface area (Å²) in [5, 5.41) is 6.44. The Bertz CT molecular complexity index is 607. The summed E-state index contributed by atoms with van der Waals surface area (Å²) in [7, 11) is 0. The molecular weight excluding hydrogens is 298 g/mol. The number of aryl methyl sites for hydroxylation is 1. The molecular formula is C12H12BrN3O2. The Hall–Kier alpha value is -1.82. The second-order valence-corrected chi connectivity index (χ2v) is 4.68. The van der Waals surface area contributed by atoms with Gasteiger partial charge in [0.15, 0.2) is 0 Å². The number of anilines is 2. The quantitative estimate of drug-likeness (QED) is 0.836. The van der Waals surface area contributed by atoms with Gasteiger partial charge in [0, 0.05) is 11.3 Å². The van der Waals surface area contributed by atoms with Crippen LogP contribution in [0.2, 0.25) is 0 Å². The fourth-order valence-electron chi connectivity index (χ4n) is 1.43. The molecule has 18 heavy (non-hydrogen) atoms. The largest absolute Gasteiger partial charge is 0.398 e. The van der Waals surface area contributed by atoms with E-state index in [-0.39, 0.29) is 5.91 Å². The molecule has 0 spiro atoms. The smallest absolute Gasteiger partial charge is 0.259 e. The number of halogens is 1. The Morgan fingerprint density at radius 2 is 2.17 bits per heavy atom. The zero-order valence-corrected chi connectivity index (χ0v) is 11.5. The van der Waals surface area contributed by atoms with Gasteiger partial charge in [-0.05, 0) is 41.9 Å². The van der Waals surface area contributed by atoms with Crippen LogP contribution >= 0.6 is 15.9 Å². The highest BCUT2D eigenvalue weighted by Crippen LogP contribution is 2.25. The molecule has 5 nitrogen and oxygen atoms in total. The fraction of sp³-hybridized carbons (Fsp3) is 0.167. The standard InChI is InChI=1S/C12H12BrN3O2/c1-6-7(2)16-18-12(6)15-11(17)8-4-3-5-9(14)10(8)13/h3-5H,14H2,1-2H3,(H,15,17). The molecule has 0 atom stereocenters. The lowest BCUT2D eigenvalue weighted by atomic mass is 10.2. The first-order chi connectivity index (χ1) is 8.50. The number of carbonyl (C=O) groups is 1. The lowest BCUT2D eigenvalue weighted by molar-refractivity contribution is 0.102. The van der Waals surface area contributed by atoms with Crippen molar-refractivity contribution >= 4 is 33.4 Å². The van der Waals surface area contributed by atoms with Gasteiger partial charge in [-0.25, -0.2) is 0 Å². The van der Waals surface area contributed by atoms with Crippen LogP contribution in [0, 0.1) is 13.8 Å². The van der Waals surface area contributed by atoms with Crippen molar-refractivity contribution in [1.82, 2.24) is 5.16 Å². The summed E-state index contributed by atoms with van der Waals surface area (Å²) in [6.45, 7) is 3.64. The zero-order chi connectivity index (χ0) is 13.3. The van der Waals surface area contributed by atoms with Gasteiger partial charge >= 0.3 is 0 Å². The van der Waals surface area contributed by atoms with Gasteiger partial charge in [0.05, 0.1) is 15.7 Å². The van der Waals surface area contributed by atoms with E-state index in [9.17, 15) is 4.79 Å². The van der Waals surface area contributed by atoms with Crippen LogP contribution in [0.5, 0.6) is 0 Å². The van der Waals surface area contributed by atoms with Crippen molar-refractivity contribution in [2.24, 2.45) is 0 Å². The van der Waals surface area contributed by atoms with Gasteiger partial charge in [0.25, 0.3) is 5.91 Å². The van der Waals surface area contributed by atoms with Crippen LogP contribution < -0.4 is 11.1 Å². The molecule has 0 aliphatic heterocycles. The minimum Gasteiger partial charge on any atom is -0.398 e. The molecule has 0 aliphatic rings. The summed E-state index contributed by atoms with van der Waals surface area (Å²) < 4.78 is 5.59. The molecule has 3 N–H and O–H groups in total. The van der Waals surface area contributed by atoms with Gasteiger partial charge in [-0.3, -0.25) is 10.1 Å². The number of benzene rings is 1. The lowest BCUT2D eigenvalue weighted by Gasteiger charge is -2.06. The number of carbonyl (C=O) groups excluding carboxylic acids is 1. The first kappa shape index (κ1) is 12.6. The van der Waals surface area contributed by atoms with Crippen LogP contribution in [-0.4, -0.2) is 11.1 Å². The molecule has 1 amide bonds. The summed E-state index contributed by atoms with van der Waals surface area (Å²) in [4.78, 5) is 12.1. The number of hydrogen-bond donors (Lipinski definition) is 2. The maximum atomic E-state index is 12.1. The number of hydrogen-bond acceptors (Lipinski definition) is 4. The average molecular weight is 310 g/mol. The molecule has 0 saturated carbocycles. The van der Waals surface area contributed by atoms with E-state index in [1.165, 1.54) is 0 Å². The van der Waals surface area contributed by atoms with Crippen LogP contribution in [0.4, 0.5) is 11.6 Å². The summed E-state index contributed by atoms with van der Waals surface area (Å²) in [5.41, 5.74) is 8.23. The van der Waals surface area contributed by atoms with E-state index in [4.69, 9.17) is 10.3 Å². The maximum absolute atomic E-state index is 12.1. The van der Waals surface area contributed by atoms with Crippen molar-refractivity contribution < 1.29 is 9.32 Å². The molecule has 0 aliphatic carbocycles. The third-order valence-electron chi connectivity index (χ3n) is 2.66. The molecule has 2 aromatic rings. The minimum absolute atomic E-state index is 0.298. The molecule has 6 heteroatoms. The summed E-state index contributed by atoms with van der Waals surface area (Å²) in [6.07, 6.45) is 0. The molecule has 1 aromatic heterocycles. The zero-order valence-electron chi connectivity index (χ0n) is 9.95. The van der Waals surface area contributed by atoms with Crippen LogP contribution in [0.1, 0.15) is 21.6 Å². The van der Waals surface area contributed by atoms with Crippen LogP contribution in [-0.2, 0) is 0 Å². The minimum atomic E-state index is -0.298. The Kier molecular flexibility index (Phi) is 3.38. The van der Waals surface area contributed by atoms with Crippen LogP contribution in [0.15, 0.2) is 27.2 Å². The number of nitrogens with two attached hydrogens (primary N) is 1. The summed E-state index contributed by atoms with van der Waals surface area (Å²) in [6, 6.07) is 5.10. The number of amides is 1. The van der Waals surface area contributed by atoms with E-state index in [1.54, 1.807) is 18.2 Å². The highest BCUT2D eigenvalue weighted by Gasteiger charge is 2.16. The summed E-state index contributed by atoms with van der Waals surface area (Å²) in [5.74, 6) is 0.0558. The topological polar surface area (TPSA) is 81.2 Å². The molecule has 0 unspecified atom stereocenters. The lowest BCUT2D eigenvalue weighted by Crippen LogP contribution is -2.13. The number of nitrogen functional groups attached to an aromatic ring is 1. The number of aromatic nitrogens is 1. The molecule has 94 valence electrons. The third kappa shape index (κ3) is 2.24. The van der Waals surface area contributed by atoms with E-state index in [0.29, 0.717) is 21.6 Å². The first-order valence-corrected chi connectivity index (χ1v) is 6.08. The van der Waals surface area contributed by atoms with Gasteiger partial charge in [-0.1, -0.05) is 11.2 Å². The SMILES string of the molecule is Cc1noc(NC(=O)c2cccc(N)c2Br)c1C. The molecule has 1 heterocycles. The second kappa shape index (κ2) is 4.81. The van der Waals surface area contributed by atoms with Gasteiger partial charge in [0.2, 0.25) is 5.88 Å². The van der Waals surface area contributed by atoms with Crippen molar-refractivity contribution in [3.8, 4) is 0 Å². The van der Waals surface area contributed by atoms with Crippen molar-refractivity contribution in [2.75, 3.05) is 11.1 Å². The molecule has 0 fully saturated rings. The predicted molar refractivity (Wildman–Crippen MR) is 72.5 cm³/mol. The monoisotopic (exact) mass is 309 g/mol. The van der Waals surface area contributed by atoms with Gasteiger partial charge in [0.1, 0.15) is 0 Å². The predicted octanol–water partition coefficient (Wildman–Crippen LogP) is 2.89. The van der Waals surface area contributed by atoms with E-state index in [2.05, 4.69) is 26.4 Å². The normalized spacial score (nSPS) is 10.4. The number of rotatable bonds is 2. The van der Waals surface area contributed by atoms with Crippen LogP contribution in [0.25, 0.3) is 0 Å². The van der Waals surface area contributed by atoms with Crippen molar-refractivity contribution in [3.05, 3.63) is 39.5 Å².